The Bertz CT molecular complexity index is 520. The number of nitro benzene ring substituents is 1. The monoisotopic (exact) mass is 268 g/mol. The van der Waals surface area contributed by atoms with Crippen molar-refractivity contribution in [2.24, 2.45) is 5.92 Å². The van der Waals surface area contributed by atoms with Crippen molar-refractivity contribution in [3.8, 4) is 0 Å². The molecule has 1 aliphatic heterocycles. The fourth-order valence-corrected chi connectivity index (χ4v) is 2.27. The van der Waals surface area contributed by atoms with Gasteiger partial charge in [-0.3, -0.25) is 19.8 Å². The van der Waals surface area contributed by atoms with E-state index in [1.807, 2.05) is 4.90 Å². The topological polar surface area (TPSA) is 83.7 Å². The Kier molecular flexibility index (Phi) is 3.75. The molecule has 1 aliphatic rings. The predicted octanol–water partition coefficient (Wildman–Crippen LogP) is 1.64. The van der Waals surface area contributed by atoms with E-state index in [4.69, 9.17) is 5.11 Å². The number of carboxylic acids is 1. The van der Waals surface area contributed by atoms with Gasteiger partial charge in [-0.25, -0.2) is 4.39 Å². The molecule has 1 N–H and O–H groups in total. The molecule has 0 spiro atoms. The molecule has 1 fully saturated rings. The van der Waals surface area contributed by atoms with E-state index >= 15 is 0 Å². The molecule has 102 valence electrons. The van der Waals surface area contributed by atoms with Crippen molar-refractivity contribution in [2.45, 2.75) is 13.0 Å². The fraction of sp³-hybridized carbons (Fsp3) is 0.417. The predicted molar refractivity (Wildman–Crippen MR) is 64.1 cm³/mol. The van der Waals surface area contributed by atoms with Gasteiger partial charge in [-0.05, 0) is 24.6 Å². The van der Waals surface area contributed by atoms with Crippen LogP contribution in [0, 0.1) is 21.8 Å². The molecule has 0 bridgehead atoms. The lowest BCUT2D eigenvalue weighted by Gasteiger charge is -2.15. The minimum Gasteiger partial charge on any atom is -0.481 e. The SMILES string of the molecule is O=C(O)C1CCN(Cc2cc(F)cc([N+](=O)[O-])c2)C1. The van der Waals surface area contributed by atoms with Gasteiger partial charge >= 0.3 is 5.97 Å². The zero-order valence-electron chi connectivity index (χ0n) is 10.1. The van der Waals surface area contributed by atoms with E-state index in [2.05, 4.69) is 0 Å². The summed E-state index contributed by atoms with van der Waals surface area (Å²) in [6.07, 6.45) is 0.548. The minimum absolute atomic E-state index is 0.288. The van der Waals surface area contributed by atoms with E-state index in [1.165, 1.54) is 12.1 Å². The van der Waals surface area contributed by atoms with Crippen molar-refractivity contribution in [1.82, 2.24) is 4.90 Å². The van der Waals surface area contributed by atoms with Gasteiger partial charge in [-0.1, -0.05) is 0 Å². The third kappa shape index (κ3) is 3.25. The summed E-state index contributed by atoms with van der Waals surface area (Å²) in [6, 6.07) is 3.42. The summed E-state index contributed by atoms with van der Waals surface area (Å²) in [5, 5.41) is 19.5. The lowest BCUT2D eigenvalue weighted by molar-refractivity contribution is -0.385. The van der Waals surface area contributed by atoms with Crippen molar-refractivity contribution in [1.29, 1.82) is 0 Å². The van der Waals surface area contributed by atoms with Gasteiger partial charge in [-0.2, -0.15) is 0 Å². The summed E-state index contributed by atoms with van der Waals surface area (Å²) in [6.45, 7) is 1.31. The van der Waals surface area contributed by atoms with Crippen LogP contribution < -0.4 is 0 Å². The largest absolute Gasteiger partial charge is 0.481 e. The van der Waals surface area contributed by atoms with Gasteiger partial charge in [0.25, 0.3) is 5.69 Å². The Hall–Kier alpha value is -2.02. The molecule has 1 aromatic carbocycles. The van der Waals surface area contributed by atoms with Crippen LogP contribution in [0.5, 0.6) is 0 Å². The first kappa shape index (κ1) is 13.4. The van der Waals surface area contributed by atoms with Crippen LogP contribution in [-0.4, -0.2) is 34.0 Å². The number of non-ortho nitro benzene ring substituents is 1. The highest BCUT2D eigenvalue weighted by molar-refractivity contribution is 5.70. The first-order valence-corrected chi connectivity index (χ1v) is 5.84. The minimum atomic E-state index is -0.840. The van der Waals surface area contributed by atoms with Crippen LogP contribution in [0.1, 0.15) is 12.0 Å². The molecule has 1 atom stereocenters. The summed E-state index contributed by atoms with van der Waals surface area (Å²) in [5.74, 6) is -1.91. The van der Waals surface area contributed by atoms with Gasteiger partial charge in [0, 0.05) is 19.2 Å². The first-order chi connectivity index (χ1) is 8.95. The quantitative estimate of drug-likeness (QED) is 0.663. The van der Waals surface area contributed by atoms with Crippen molar-refractivity contribution < 1.29 is 19.2 Å². The van der Waals surface area contributed by atoms with Crippen molar-refractivity contribution in [2.75, 3.05) is 13.1 Å². The lowest BCUT2D eigenvalue weighted by atomic mass is 10.1. The van der Waals surface area contributed by atoms with Gasteiger partial charge in [0.1, 0.15) is 5.82 Å². The van der Waals surface area contributed by atoms with Gasteiger partial charge in [-0.15, -0.1) is 0 Å². The number of hydrogen-bond acceptors (Lipinski definition) is 4. The normalized spacial score (nSPS) is 19.5. The third-order valence-corrected chi connectivity index (χ3v) is 3.18. The highest BCUT2D eigenvalue weighted by atomic mass is 19.1. The molecule has 1 saturated heterocycles. The molecule has 7 heteroatoms. The van der Waals surface area contributed by atoms with Crippen LogP contribution >= 0.6 is 0 Å². The van der Waals surface area contributed by atoms with Crippen LogP contribution in [0.25, 0.3) is 0 Å². The van der Waals surface area contributed by atoms with E-state index in [-0.39, 0.29) is 5.69 Å². The molecular weight excluding hydrogens is 255 g/mol. The number of nitrogens with zero attached hydrogens (tertiary/aromatic N) is 2. The molecule has 1 unspecified atom stereocenters. The maximum atomic E-state index is 13.2. The van der Waals surface area contributed by atoms with Crippen molar-refractivity contribution >= 4 is 11.7 Å². The fourth-order valence-electron chi connectivity index (χ4n) is 2.27. The van der Waals surface area contributed by atoms with E-state index in [0.717, 1.165) is 6.07 Å². The van der Waals surface area contributed by atoms with Crippen LogP contribution in [0.3, 0.4) is 0 Å². The zero-order valence-corrected chi connectivity index (χ0v) is 10.1. The van der Waals surface area contributed by atoms with Gasteiger partial charge in [0.15, 0.2) is 0 Å². The van der Waals surface area contributed by atoms with E-state index in [9.17, 15) is 19.3 Å². The van der Waals surface area contributed by atoms with Crippen LogP contribution in [0.2, 0.25) is 0 Å². The third-order valence-electron chi connectivity index (χ3n) is 3.18. The molecule has 0 radical (unpaired) electrons. The second kappa shape index (κ2) is 5.31. The summed E-state index contributed by atoms with van der Waals surface area (Å²) in [5.41, 5.74) is 0.196. The van der Waals surface area contributed by atoms with Crippen LogP contribution in [0.15, 0.2) is 18.2 Å². The number of rotatable bonds is 4. The maximum Gasteiger partial charge on any atom is 0.307 e. The second-order valence-corrected chi connectivity index (χ2v) is 4.63. The summed E-state index contributed by atoms with van der Waals surface area (Å²) in [7, 11) is 0. The van der Waals surface area contributed by atoms with Crippen molar-refractivity contribution in [3.63, 3.8) is 0 Å². The molecule has 0 aromatic heterocycles. The number of likely N-dealkylation sites (tertiary alicyclic amines) is 1. The van der Waals surface area contributed by atoms with E-state index < -0.39 is 22.6 Å². The standard InChI is InChI=1S/C12H13FN2O4/c13-10-3-8(4-11(5-10)15(18)19)6-14-2-1-9(7-14)12(16)17/h3-5,9H,1-2,6-7H2,(H,16,17). The highest BCUT2D eigenvalue weighted by Crippen LogP contribution is 2.22. The number of carboxylic acid groups (broad SMARTS) is 1. The van der Waals surface area contributed by atoms with Gasteiger partial charge in [0.2, 0.25) is 0 Å². The number of nitro groups is 1. The van der Waals surface area contributed by atoms with Crippen molar-refractivity contribution in [3.05, 3.63) is 39.7 Å². The highest BCUT2D eigenvalue weighted by Gasteiger charge is 2.28. The number of aliphatic carboxylic acids is 1. The number of hydrogen-bond donors (Lipinski definition) is 1. The van der Waals surface area contributed by atoms with Gasteiger partial charge in [0.05, 0.1) is 16.9 Å². The molecule has 2 rings (SSSR count). The molecule has 6 nitrogen and oxygen atoms in total. The molecular formula is C12H13FN2O4. The van der Waals surface area contributed by atoms with Crippen LogP contribution in [-0.2, 0) is 11.3 Å². The zero-order chi connectivity index (χ0) is 14.0. The Labute approximate surface area is 108 Å². The maximum absolute atomic E-state index is 13.2. The first-order valence-electron chi connectivity index (χ1n) is 5.84. The number of halogens is 1. The lowest BCUT2D eigenvalue weighted by Crippen LogP contribution is -2.22. The average molecular weight is 268 g/mol. The second-order valence-electron chi connectivity index (χ2n) is 4.63. The number of carbonyl (C=O) groups is 1. The van der Waals surface area contributed by atoms with E-state index in [1.54, 1.807) is 0 Å². The molecule has 19 heavy (non-hydrogen) atoms. The molecule has 0 aliphatic carbocycles. The summed E-state index contributed by atoms with van der Waals surface area (Å²) >= 11 is 0. The molecule has 0 saturated carbocycles. The van der Waals surface area contributed by atoms with Crippen LogP contribution in [0.4, 0.5) is 10.1 Å². The molecule has 1 aromatic rings. The smallest absolute Gasteiger partial charge is 0.307 e. The Morgan fingerprint density at radius 3 is 2.84 bits per heavy atom. The molecule has 1 heterocycles. The van der Waals surface area contributed by atoms with Gasteiger partial charge < -0.3 is 5.11 Å². The average Bonchev–Trinajstić information content (AvgIpc) is 2.76. The molecule has 0 amide bonds. The van der Waals surface area contributed by atoms with E-state index in [0.29, 0.717) is 31.6 Å². The number of benzene rings is 1. The Morgan fingerprint density at radius 2 is 2.26 bits per heavy atom. The summed E-state index contributed by atoms with van der Waals surface area (Å²) in [4.78, 5) is 22.7. The summed E-state index contributed by atoms with van der Waals surface area (Å²) < 4.78 is 13.2. The Morgan fingerprint density at radius 1 is 1.53 bits per heavy atom. The Balaban J connectivity index is 2.08.